The summed E-state index contributed by atoms with van der Waals surface area (Å²) in [6.45, 7) is 1.61. The van der Waals surface area contributed by atoms with Gasteiger partial charge in [0.25, 0.3) is 0 Å². The molecule has 1 amide bonds. The van der Waals surface area contributed by atoms with Gasteiger partial charge in [-0.15, -0.1) is 10.2 Å². The summed E-state index contributed by atoms with van der Waals surface area (Å²) in [5, 5.41) is 9.96. The standard InChI is InChI=1S/C22H20FN5OS/c23-17-8-2-1-7-16(17)22-26-25-21(30-22)15-6-5-11-27(12-15)20(29)13-28-14-24-18-9-3-4-10-19(18)28/h1-4,7-10,14-15H,5-6,11-13H2. The summed E-state index contributed by atoms with van der Waals surface area (Å²) in [6.07, 6.45) is 3.58. The van der Waals surface area contributed by atoms with Crippen LogP contribution < -0.4 is 0 Å². The number of carbonyl (C=O) groups excluding carboxylic acids is 1. The topological polar surface area (TPSA) is 63.9 Å². The van der Waals surface area contributed by atoms with Crippen molar-refractivity contribution in [1.82, 2.24) is 24.6 Å². The fourth-order valence-electron chi connectivity index (χ4n) is 3.93. The molecule has 8 heteroatoms. The second kappa shape index (κ2) is 7.95. The number of rotatable bonds is 4. The molecule has 0 N–H and O–H groups in total. The Morgan fingerprint density at radius 1 is 1.13 bits per heavy atom. The fraction of sp³-hybridized carbons (Fsp3) is 0.273. The molecule has 152 valence electrons. The first kappa shape index (κ1) is 18.9. The van der Waals surface area contributed by atoms with Gasteiger partial charge in [-0.25, -0.2) is 9.37 Å². The van der Waals surface area contributed by atoms with E-state index in [0.717, 1.165) is 35.4 Å². The van der Waals surface area contributed by atoms with Crippen LogP contribution in [0.5, 0.6) is 0 Å². The first-order chi connectivity index (χ1) is 14.7. The molecule has 2 aromatic carbocycles. The van der Waals surface area contributed by atoms with Gasteiger partial charge in [0.05, 0.1) is 17.4 Å². The van der Waals surface area contributed by atoms with E-state index in [0.29, 0.717) is 17.1 Å². The predicted molar refractivity (Wildman–Crippen MR) is 114 cm³/mol. The molecule has 1 atom stereocenters. The Labute approximate surface area is 177 Å². The molecule has 1 aliphatic heterocycles. The van der Waals surface area contributed by atoms with Crippen LogP contribution in [0.25, 0.3) is 21.6 Å². The van der Waals surface area contributed by atoms with E-state index in [1.54, 1.807) is 24.5 Å². The van der Waals surface area contributed by atoms with E-state index in [2.05, 4.69) is 15.2 Å². The molecule has 1 saturated heterocycles. The zero-order valence-corrected chi connectivity index (χ0v) is 17.1. The van der Waals surface area contributed by atoms with Crippen molar-refractivity contribution in [3.05, 3.63) is 65.7 Å². The Morgan fingerprint density at radius 2 is 1.97 bits per heavy atom. The molecule has 0 spiro atoms. The lowest BCUT2D eigenvalue weighted by molar-refractivity contribution is -0.133. The average Bonchev–Trinajstić information content (AvgIpc) is 3.42. The largest absolute Gasteiger partial charge is 0.340 e. The summed E-state index contributed by atoms with van der Waals surface area (Å²) in [5.74, 6) is -0.102. The Bertz CT molecular complexity index is 1200. The molecule has 2 aromatic heterocycles. The number of imidazole rings is 1. The van der Waals surface area contributed by atoms with Crippen molar-refractivity contribution in [1.29, 1.82) is 0 Å². The highest BCUT2D eigenvalue weighted by atomic mass is 32.1. The highest BCUT2D eigenvalue weighted by Gasteiger charge is 2.28. The van der Waals surface area contributed by atoms with Gasteiger partial charge in [0.1, 0.15) is 17.4 Å². The van der Waals surface area contributed by atoms with Crippen LogP contribution in [-0.4, -0.2) is 43.6 Å². The number of nitrogens with zero attached hydrogens (tertiary/aromatic N) is 5. The van der Waals surface area contributed by atoms with Crippen LogP contribution >= 0.6 is 11.3 Å². The van der Waals surface area contributed by atoms with Crippen LogP contribution in [0.4, 0.5) is 4.39 Å². The molecule has 5 rings (SSSR count). The summed E-state index contributed by atoms with van der Waals surface area (Å²) in [7, 11) is 0. The molecule has 0 saturated carbocycles. The van der Waals surface area contributed by atoms with Crippen LogP contribution in [0.3, 0.4) is 0 Å². The zero-order chi connectivity index (χ0) is 20.5. The molecule has 30 heavy (non-hydrogen) atoms. The van der Waals surface area contributed by atoms with Crippen LogP contribution in [0.2, 0.25) is 0 Å². The van der Waals surface area contributed by atoms with Gasteiger partial charge in [-0.05, 0) is 37.1 Å². The van der Waals surface area contributed by atoms with Crippen molar-refractivity contribution in [3.8, 4) is 10.6 Å². The van der Waals surface area contributed by atoms with Gasteiger partial charge in [0.15, 0.2) is 5.01 Å². The number of likely N-dealkylation sites (tertiary alicyclic amines) is 1. The third-order valence-electron chi connectivity index (χ3n) is 5.50. The summed E-state index contributed by atoms with van der Waals surface area (Å²) in [4.78, 5) is 19.2. The molecule has 6 nitrogen and oxygen atoms in total. The van der Waals surface area contributed by atoms with E-state index in [1.807, 2.05) is 33.7 Å². The third-order valence-corrected chi connectivity index (χ3v) is 6.62. The number of carbonyl (C=O) groups is 1. The van der Waals surface area contributed by atoms with E-state index in [1.165, 1.54) is 17.4 Å². The van der Waals surface area contributed by atoms with Crippen LogP contribution in [-0.2, 0) is 11.3 Å². The third kappa shape index (κ3) is 3.59. The van der Waals surface area contributed by atoms with Crippen molar-refractivity contribution in [2.24, 2.45) is 0 Å². The minimum Gasteiger partial charge on any atom is -0.340 e. The monoisotopic (exact) mass is 421 g/mol. The zero-order valence-electron chi connectivity index (χ0n) is 16.2. The number of piperidine rings is 1. The van der Waals surface area contributed by atoms with E-state index in [-0.39, 0.29) is 24.2 Å². The highest BCUT2D eigenvalue weighted by molar-refractivity contribution is 7.14. The van der Waals surface area contributed by atoms with Gasteiger partial charge in [0, 0.05) is 24.6 Å². The van der Waals surface area contributed by atoms with Crippen molar-refractivity contribution in [3.63, 3.8) is 0 Å². The predicted octanol–water partition coefficient (Wildman–Crippen LogP) is 4.10. The van der Waals surface area contributed by atoms with Crippen molar-refractivity contribution in [2.75, 3.05) is 13.1 Å². The minimum atomic E-state index is -0.298. The Balaban J connectivity index is 1.30. The smallest absolute Gasteiger partial charge is 0.242 e. The van der Waals surface area contributed by atoms with Gasteiger partial charge in [-0.3, -0.25) is 4.79 Å². The molecule has 3 heterocycles. The van der Waals surface area contributed by atoms with Crippen molar-refractivity contribution < 1.29 is 9.18 Å². The van der Waals surface area contributed by atoms with E-state index >= 15 is 0 Å². The normalized spacial score (nSPS) is 16.8. The van der Waals surface area contributed by atoms with Gasteiger partial charge in [-0.1, -0.05) is 35.6 Å². The summed E-state index contributed by atoms with van der Waals surface area (Å²) >= 11 is 1.41. The van der Waals surface area contributed by atoms with Crippen LogP contribution in [0, 0.1) is 5.82 Å². The SMILES string of the molecule is O=C(Cn1cnc2ccccc21)N1CCCC(c2nnc(-c3ccccc3F)s2)C1. The highest BCUT2D eigenvalue weighted by Crippen LogP contribution is 2.33. The fourth-order valence-corrected chi connectivity index (χ4v) is 4.93. The molecule has 1 aliphatic rings. The Hall–Kier alpha value is -3.13. The molecule has 1 fully saturated rings. The van der Waals surface area contributed by atoms with Gasteiger partial charge in [-0.2, -0.15) is 0 Å². The quantitative estimate of drug-likeness (QED) is 0.498. The number of hydrogen-bond donors (Lipinski definition) is 0. The van der Waals surface area contributed by atoms with E-state index in [4.69, 9.17) is 0 Å². The molecule has 0 bridgehead atoms. The maximum absolute atomic E-state index is 14.1. The van der Waals surface area contributed by atoms with Crippen molar-refractivity contribution >= 4 is 28.3 Å². The Morgan fingerprint density at radius 3 is 2.87 bits per heavy atom. The molecule has 0 radical (unpaired) electrons. The molecule has 1 unspecified atom stereocenters. The molecule has 0 aliphatic carbocycles. The van der Waals surface area contributed by atoms with Crippen LogP contribution in [0.1, 0.15) is 23.8 Å². The number of hydrogen-bond acceptors (Lipinski definition) is 5. The molecular formula is C22H20FN5OS. The van der Waals surface area contributed by atoms with Crippen molar-refractivity contribution in [2.45, 2.75) is 25.3 Å². The van der Waals surface area contributed by atoms with E-state index < -0.39 is 0 Å². The average molecular weight is 422 g/mol. The summed E-state index contributed by atoms with van der Waals surface area (Å²) < 4.78 is 16.0. The number of aromatic nitrogens is 4. The first-order valence-corrected chi connectivity index (χ1v) is 10.8. The van der Waals surface area contributed by atoms with Crippen LogP contribution in [0.15, 0.2) is 54.9 Å². The van der Waals surface area contributed by atoms with Gasteiger partial charge >= 0.3 is 0 Å². The number of para-hydroxylation sites is 2. The maximum atomic E-state index is 14.1. The number of halogens is 1. The number of benzene rings is 2. The maximum Gasteiger partial charge on any atom is 0.242 e. The minimum absolute atomic E-state index is 0.0710. The second-order valence-corrected chi connectivity index (χ2v) is 8.47. The lowest BCUT2D eigenvalue weighted by Crippen LogP contribution is -2.40. The number of fused-ring (bicyclic) bond motifs is 1. The molecule has 4 aromatic rings. The first-order valence-electron chi connectivity index (χ1n) is 9.95. The van der Waals surface area contributed by atoms with Gasteiger partial charge in [0.2, 0.25) is 5.91 Å². The van der Waals surface area contributed by atoms with Gasteiger partial charge < -0.3 is 9.47 Å². The lowest BCUT2D eigenvalue weighted by Gasteiger charge is -2.31. The second-order valence-electron chi connectivity index (χ2n) is 7.47. The van der Waals surface area contributed by atoms with E-state index in [9.17, 15) is 9.18 Å². The lowest BCUT2D eigenvalue weighted by atomic mass is 9.99. The summed E-state index contributed by atoms with van der Waals surface area (Å²) in [5.41, 5.74) is 2.31. The summed E-state index contributed by atoms with van der Waals surface area (Å²) in [6, 6.07) is 14.4. The Kier molecular flexibility index (Phi) is 5.00. The molecular weight excluding hydrogens is 401 g/mol. The number of amides is 1.